The molecule has 0 heterocycles. The molecule has 0 spiro atoms. The Morgan fingerprint density at radius 1 is 1.28 bits per heavy atom. The molecule has 18 heavy (non-hydrogen) atoms. The van der Waals surface area contributed by atoms with E-state index in [2.05, 4.69) is 0 Å². The minimum absolute atomic E-state index is 0.0226. The smallest absolute Gasteiger partial charge is 0.303 e. The molecule has 2 nitrogen and oxygen atoms in total. The van der Waals surface area contributed by atoms with Gasteiger partial charge in [-0.3, -0.25) is 4.79 Å². The molecule has 100 valence electrons. The van der Waals surface area contributed by atoms with E-state index in [0.717, 1.165) is 5.56 Å². The van der Waals surface area contributed by atoms with Crippen molar-refractivity contribution >= 4 is 5.97 Å². The highest BCUT2D eigenvalue weighted by molar-refractivity contribution is 5.66. The molecule has 1 rings (SSSR count). The number of aliphatic carboxylic acids is 1. The van der Waals surface area contributed by atoms with E-state index in [1.165, 1.54) is 6.07 Å². The summed E-state index contributed by atoms with van der Waals surface area (Å²) >= 11 is 0. The van der Waals surface area contributed by atoms with Crippen molar-refractivity contribution < 1.29 is 18.7 Å². The van der Waals surface area contributed by atoms with Crippen molar-refractivity contribution in [1.82, 2.24) is 0 Å². The molecule has 0 fully saturated rings. The van der Waals surface area contributed by atoms with Crippen LogP contribution in [-0.4, -0.2) is 11.1 Å². The fraction of sp³-hybridized carbons (Fsp3) is 0.500. The van der Waals surface area contributed by atoms with Crippen molar-refractivity contribution in [3.8, 4) is 0 Å². The molecule has 4 heteroatoms. The predicted octanol–water partition coefficient (Wildman–Crippen LogP) is 3.77. The Morgan fingerprint density at radius 3 is 2.44 bits per heavy atom. The Hall–Kier alpha value is -1.45. The van der Waals surface area contributed by atoms with Gasteiger partial charge in [0.25, 0.3) is 5.92 Å². The molecule has 0 saturated carbocycles. The van der Waals surface area contributed by atoms with Crippen LogP contribution in [0, 0.1) is 0 Å². The third-order valence-corrected chi connectivity index (χ3v) is 3.01. The van der Waals surface area contributed by atoms with Gasteiger partial charge in [0.05, 0.1) is 6.42 Å². The standard InChI is InChI=1S/C14H18F2O2/c1-3-10-5-6-11(4-2)12(9-10)14(15,16)8-7-13(17)18/h5-6,9H,3-4,7-8H2,1-2H3,(H,17,18). The minimum Gasteiger partial charge on any atom is -0.481 e. The van der Waals surface area contributed by atoms with Crippen molar-refractivity contribution in [2.24, 2.45) is 0 Å². The summed E-state index contributed by atoms with van der Waals surface area (Å²) in [5.74, 6) is -4.27. The Bertz CT molecular complexity index is 428. The molecule has 1 aromatic rings. The van der Waals surface area contributed by atoms with Gasteiger partial charge in [-0.15, -0.1) is 0 Å². The molecule has 0 atom stereocenters. The number of carboxylic acids is 1. The highest BCUT2D eigenvalue weighted by Gasteiger charge is 2.34. The number of rotatable bonds is 6. The molecule has 0 unspecified atom stereocenters. The van der Waals surface area contributed by atoms with Crippen LogP contribution in [0.25, 0.3) is 0 Å². The number of carbonyl (C=O) groups is 1. The summed E-state index contributed by atoms with van der Waals surface area (Å²) < 4.78 is 28.0. The molecule has 1 N–H and O–H groups in total. The van der Waals surface area contributed by atoms with Crippen molar-refractivity contribution in [3.63, 3.8) is 0 Å². The van der Waals surface area contributed by atoms with Gasteiger partial charge in [-0.05, 0) is 30.0 Å². The third-order valence-electron chi connectivity index (χ3n) is 3.01. The summed E-state index contributed by atoms with van der Waals surface area (Å²) in [6.07, 6.45) is 0.0308. The minimum atomic E-state index is -3.07. The molecule has 0 aliphatic carbocycles. The van der Waals surface area contributed by atoms with Gasteiger partial charge in [0.15, 0.2) is 0 Å². The van der Waals surface area contributed by atoms with E-state index in [4.69, 9.17) is 5.11 Å². The lowest BCUT2D eigenvalue weighted by Gasteiger charge is -2.20. The second-order valence-electron chi connectivity index (χ2n) is 4.30. The fourth-order valence-electron chi connectivity index (χ4n) is 1.89. The second-order valence-corrected chi connectivity index (χ2v) is 4.30. The highest BCUT2D eigenvalue weighted by Crippen LogP contribution is 2.36. The number of hydrogen-bond acceptors (Lipinski definition) is 1. The Balaban J connectivity index is 3.07. The molecule has 1 aromatic carbocycles. The molecule has 0 aliphatic heterocycles. The van der Waals surface area contributed by atoms with E-state index in [1.54, 1.807) is 6.07 Å². The first-order valence-corrected chi connectivity index (χ1v) is 6.12. The van der Waals surface area contributed by atoms with Crippen LogP contribution in [-0.2, 0) is 23.6 Å². The van der Waals surface area contributed by atoms with Crippen molar-refractivity contribution in [3.05, 3.63) is 34.9 Å². The SMILES string of the molecule is CCc1ccc(CC)c(C(F)(F)CCC(=O)O)c1. The number of halogens is 2. The van der Waals surface area contributed by atoms with Gasteiger partial charge in [0.2, 0.25) is 0 Å². The normalized spacial score (nSPS) is 11.6. The van der Waals surface area contributed by atoms with Crippen LogP contribution in [0.3, 0.4) is 0 Å². The maximum absolute atomic E-state index is 14.0. The molecular weight excluding hydrogens is 238 g/mol. The number of alkyl halides is 2. The zero-order valence-electron chi connectivity index (χ0n) is 10.7. The first-order chi connectivity index (χ1) is 8.40. The van der Waals surface area contributed by atoms with Crippen LogP contribution in [0.5, 0.6) is 0 Å². The zero-order chi connectivity index (χ0) is 13.8. The van der Waals surface area contributed by atoms with Gasteiger partial charge >= 0.3 is 5.97 Å². The fourth-order valence-corrected chi connectivity index (χ4v) is 1.89. The van der Waals surface area contributed by atoms with Crippen molar-refractivity contribution in [2.75, 3.05) is 0 Å². The maximum Gasteiger partial charge on any atom is 0.303 e. The van der Waals surface area contributed by atoms with Crippen LogP contribution in [0.4, 0.5) is 8.78 Å². The number of aryl methyl sites for hydroxylation is 2. The molecule has 0 aliphatic rings. The molecule has 0 amide bonds. The van der Waals surface area contributed by atoms with E-state index in [9.17, 15) is 13.6 Å². The lowest BCUT2D eigenvalue weighted by molar-refractivity contribution is -0.139. The topological polar surface area (TPSA) is 37.3 Å². The van der Waals surface area contributed by atoms with Gasteiger partial charge in [0, 0.05) is 12.0 Å². The summed E-state index contributed by atoms with van der Waals surface area (Å²) in [7, 11) is 0. The van der Waals surface area contributed by atoms with Crippen LogP contribution >= 0.6 is 0 Å². The van der Waals surface area contributed by atoms with Crippen LogP contribution < -0.4 is 0 Å². The zero-order valence-corrected chi connectivity index (χ0v) is 10.7. The average Bonchev–Trinajstić information content (AvgIpc) is 2.35. The predicted molar refractivity (Wildman–Crippen MR) is 66.0 cm³/mol. The lowest BCUT2D eigenvalue weighted by atomic mass is 9.94. The molecule has 0 radical (unpaired) electrons. The largest absolute Gasteiger partial charge is 0.481 e. The highest BCUT2D eigenvalue weighted by atomic mass is 19.3. The summed E-state index contributed by atoms with van der Waals surface area (Å²) in [5.41, 5.74) is 1.41. The van der Waals surface area contributed by atoms with Gasteiger partial charge in [0.1, 0.15) is 0 Å². The van der Waals surface area contributed by atoms with Gasteiger partial charge in [-0.2, -0.15) is 0 Å². The average molecular weight is 256 g/mol. The lowest BCUT2D eigenvalue weighted by Crippen LogP contribution is -2.18. The number of benzene rings is 1. The number of hydrogen-bond donors (Lipinski definition) is 1. The van der Waals surface area contributed by atoms with Crippen LogP contribution in [0.1, 0.15) is 43.4 Å². The molecule has 0 bridgehead atoms. The maximum atomic E-state index is 14.0. The van der Waals surface area contributed by atoms with E-state index in [0.29, 0.717) is 18.4 Å². The summed E-state index contributed by atoms with van der Waals surface area (Å²) in [6.45, 7) is 3.72. The molecular formula is C14H18F2O2. The van der Waals surface area contributed by atoms with Crippen LogP contribution in [0.15, 0.2) is 18.2 Å². The quantitative estimate of drug-likeness (QED) is 0.841. The van der Waals surface area contributed by atoms with Crippen molar-refractivity contribution in [1.29, 1.82) is 0 Å². The van der Waals surface area contributed by atoms with Gasteiger partial charge in [-0.1, -0.05) is 26.0 Å². The van der Waals surface area contributed by atoms with E-state index < -0.39 is 24.7 Å². The Kier molecular flexibility index (Phi) is 4.82. The number of carboxylic acid groups (broad SMARTS) is 1. The summed E-state index contributed by atoms with van der Waals surface area (Å²) in [6, 6.07) is 5.05. The van der Waals surface area contributed by atoms with Gasteiger partial charge in [-0.25, -0.2) is 8.78 Å². The van der Waals surface area contributed by atoms with Crippen molar-refractivity contribution in [2.45, 2.75) is 45.5 Å². The third kappa shape index (κ3) is 3.52. The summed E-state index contributed by atoms with van der Waals surface area (Å²) in [4.78, 5) is 10.4. The second kappa shape index (κ2) is 5.94. The Labute approximate surface area is 106 Å². The van der Waals surface area contributed by atoms with Crippen LogP contribution in [0.2, 0.25) is 0 Å². The molecule has 0 aromatic heterocycles. The Morgan fingerprint density at radius 2 is 1.94 bits per heavy atom. The first kappa shape index (κ1) is 14.6. The molecule has 0 saturated heterocycles. The van der Waals surface area contributed by atoms with E-state index >= 15 is 0 Å². The monoisotopic (exact) mass is 256 g/mol. The van der Waals surface area contributed by atoms with E-state index in [1.807, 2.05) is 19.9 Å². The van der Waals surface area contributed by atoms with Gasteiger partial charge < -0.3 is 5.11 Å². The first-order valence-electron chi connectivity index (χ1n) is 6.12. The summed E-state index contributed by atoms with van der Waals surface area (Å²) in [5, 5.41) is 8.52. The van der Waals surface area contributed by atoms with E-state index in [-0.39, 0.29) is 5.56 Å².